The zero-order chi connectivity index (χ0) is 16.1. The molecule has 3 rings (SSSR count). The zero-order valence-corrected chi connectivity index (χ0v) is 13.4. The van der Waals surface area contributed by atoms with Gasteiger partial charge < -0.3 is 10.0 Å². The van der Waals surface area contributed by atoms with Gasteiger partial charge in [0.15, 0.2) is 0 Å². The van der Waals surface area contributed by atoms with Gasteiger partial charge in [-0.25, -0.2) is 0 Å². The monoisotopic (exact) mass is 305 g/mol. The van der Waals surface area contributed by atoms with Crippen molar-refractivity contribution in [2.24, 2.45) is 5.41 Å². The summed E-state index contributed by atoms with van der Waals surface area (Å²) < 4.78 is 1.71. The number of rotatable bonds is 4. The smallest absolute Gasteiger partial charge is 0.311 e. The molecule has 1 aromatic rings. The molecular weight excluding hydrogens is 282 g/mol. The lowest BCUT2D eigenvalue weighted by Gasteiger charge is -2.32. The van der Waals surface area contributed by atoms with E-state index in [9.17, 15) is 14.7 Å². The first-order valence-corrected chi connectivity index (χ1v) is 7.94. The van der Waals surface area contributed by atoms with Gasteiger partial charge in [-0.1, -0.05) is 6.92 Å². The zero-order valence-electron chi connectivity index (χ0n) is 13.4. The van der Waals surface area contributed by atoms with Crippen LogP contribution in [0.5, 0.6) is 0 Å². The van der Waals surface area contributed by atoms with E-state index in [2.05, 4.69) is 5.10 Å². The fourth-order valence-corrected chi connectivity index (χ4v) is 4.37. The summed E-state index contributed by atoms with van der Waals surface area (Å²) in [6, 6.07) is 1.86. The van der Waals surface area contributed by atoms with Crippen molar-refractivity contribution in [3.8, 4) is 0 Å². The van der Waals surface area contributed by atoms with Crippen molar-refractivity contribution in [1.29, 1.82) is 0 Å². The highest BCUT2D eigenvalue weighted by atomic mass is 16.4. The lowest BCUT2D eigenvalue weighted by Crippen LogP contribution is -2.45. The van der Waals surface area contributed by atoms with Crippen molar-refractivity contribution in [2.45, 2.75) is 65.1 Å². The average molecular weight is 305 g/mol. The third kappa shape index (κ3) is 2.04. The van der Waals surface area contributed by atoms with E-state index in [4.69, 9.17) is 0 Å². The molecule has 3 heterocycles. The molecule has 6 nitrogen and oxygen atoms in total. The standard InChI is InChI=1S/C16H23N3O3/c1-4-16(15(21)22)8-12-5-6-13(16)19(12)14(20)9-18-11(3)7-10(2)17-18/h7,12-13H,4-6,8-9H2,1-3H3,(H,21,22)/t12-,13+,16+/m0/s1. The van der Waals surface area contributed by atoms with Crippen LogP contribution in [0.15, 0.2) is 6.07 Å². The molecule has 3 atom stereocenters. The minimum absolute atomic E-state index is 0.00437. The Kier molecular flexibility index (Phi) is 3.50. The number of aliphatic carboxylic acids is 1. The van der Waals surface area contributed by atoms with Crippen LogP contribution < -0.4 is 0 Å². The van der Waals surface area contributed by atoms with Crippen molar-refractivity contribution < 1.29 is 14.7 Å². The van der Waals surface area contributed by atoms with Gasteiger partial charge in [-0.2, -0.15) is 5.10 Å². The van der Waals surface area contributed by atoms with Crippen molar-refractivity contribution in [2.75, 3.05) is 0 Å². The van der Waals surface area contributed by atoms with Gasteiger partial charge in [0, 0.05) is 17.8 Å². The van der Waals surface area contributed by atoms with Gasteiger partial charge >= 0.3 is 5.97 Å². The molecule has 1 amide bonds. The molecule has 120 valence electrons. The van der Waals surface area contributed by atoms with Crippen LogP contribution >= 0.6 is 0 Å². The first kappa shape index (κ1) is 15.1. The predicted molar refractivity (Wildman–Crippen MR) is 80.3 cm³/mol. The van der Waals surface area contributed by atoms with E-state index < -0.39 is 11.4 Å². The molecule has 22 heavy (non-hydrogen) atoms. The molecule has 0 radical (unpaired) electrons. The summed E-state index contributed by atoms with van der Waals surface area (Å²) in [4.78, 5) is 26.3. The van der Waals surface area contributed by atoms with E-state index in [1.165, 1.54) is 0 Å². The maximum atomic E-state index is 12.7. The summed E-state index contributed by atoms with van der Waals surface area (Å²) in [6.45, 7) is 5.95. The van der Waals surface area contributed by atoms with E-state index in [-0.39, 0.29) is 24.5 Å². The predicted octanol–water partition coefficient (Wildman–Crippen LogP) is 1.74. The molecule has 2 saturated heterocycles. The van der Waals surface area contributed by atoms with E-state index in [1.807, 2.05) is 31.7 Å². The topological polar surface area (TPSA) is 75.4 Å². The molecule has 1 N–H and O–H groups in total. The second-order valence-corrected chi connectivity index (χ2v) is 6.65. The number of nitrogens with zero attached hydrogens (tertiary/aromatic N) is 3. The molecular formula is C16H23N3O3. The highest BCUT2D eigenvalue weighted by molar-refractivity contribution is 5.82. The maximum Gasteiger partial charge on any atom is 0.311 e. The molecule has 0 aliphatic carbocycles. The fourth-order valence-electron chi connectivity index (χ4n) is 4.37. The maximum absolute atomic E-state index is 12.7. The molecule has 6 heteroatoms. The Labute approximate surface area is 130 Å². The number of hydrogen-bond donors (Lipinski definition) is 1. The minimum Gasteiger partial charge on any atom is -0.481 e. The van der Waals surface area contributed by atoms with E-state index in [1.54, 1.807) is 4.68 Å². The first-order valence-electron chi connectivity index (χ1n) is 7.94. The Morgan fingerprint density at radius 1 is 1.41 bits per heavy atom. The van der Waals surface area contributed by atoms with Crippen molar-refractivity contribution in [1.82, 2.24) is 14.7 Å². The number of carbonyl (C=O) groups excluding carboxylic acids is 1. The third-order valence-electron chi connectivity index (χ3n) is 5.47. The number of fused-ring (bicyclic) bond motifs is 2. The molecule has 2 bridgehead atoms. The summed E-state index contributed by atoms with van der Waals surface area (Å²) in [5.74, 6) is -0.763. The molecule has 2 aliphatic heterocycles. The van der Waals surface area contributed by atoms with Gasteiger partial charge in [0.25, 0.3) is 0 Å². The number of carboxylic acids is 1. The van der Waals surface area contributed by atoms with Crippen molar-refractivity contribution in [3.63, 3.8) is 0 Å². The van der Waals surface area contributed by atoms with Gasteiger partial charge in [0.1, 0.15) is 6.54 Å². The van der Waals surface area contributed by atoms with Crippen LogP contribution in [0.25, 0.3) is 0 Å². The summed E-state index contributed by atoms with van der Waals surface area (Å²) in [7, 11) is 0. The van der Waals surface area contributed by atoms with Gasteiger partial charge in [0.05, 0.1) is 11.1 Å². The number of aromatic nitrogens is 2. The van der Waals surface area contributed by atoms with Crippen LogP contribution in [0.2, 0.25) is 0 Å². The average Bonchev–Trinajstić information content (AvgIpc) is 3.10. The molecule has 0 aromatic carbocycles. The van der Waals surface area contributed by atoms with Gasteiger partial charge in [-0.15, -0.1) is 0 Å². The van der Waals surface area contributed by atoms with Gasteiger partial charge in [-0.3, -0.25) is 14.3 Å². The quantitative estimate of drug-likeness (QED) is 0.919. The van der Waals surface area contributed by atoms with Crippen LogP contribution in [-0.2, 0) is 16.1 Å². The number of aryl methyl sites for hydroxylation is 2. The van der Waals surface area contributed by atoms with Crippen LogP contribution in [0.4, 0.5) is 0 Å². The van der Waals surface area contributed by atoms with Gasteiger partial charge in [-0.05, 0) is 45.6 Å². The molecule has 0 unspecified atom stereocenters. The second kappa shape index (κ2) is 5.11. The van der Waals surface area contributed by atoms with Crippen LogP contribution in [0.1, 0.15) is 44.0 Å². The van der Waals surface area contributed by atoms with E-state index in [0.717, 1.165) is 24.2 Å². The Morgan fingerprint density at radius 2 is 2.14 bits per heavy atom. The third-order valence-corrected chi connectivity index (χ3v) is 5.47. The Hall–Kier alpha value is -1.85. The Balaban J connectivity index is 1.82. The van der Waals surface area contributed by atoms with Crippen molar-refractivity contribution in [3.05, 3.63) is 17.5 Å². The summed E-state index contributed by atoms with van der Waals surface area (Å²) in [5, 5.41) is 14.0. The van der Waals surface area contributed by atoms with Crippen LogP contribution in [-0.4, -0.2) is 43.7 Å². The number of hydrogen-bond acceptors (Lipinski definition) is 3. The van der Waals surface area contributed by atoms with Crippen LogP contribution in [0, 0.1) is 19.3 Å². The lowest BCUT2D eigenvalue weighted by atomic mass is 9.72. The molecule has 2 fully saturated rings. The van der Waals surface area contributed by atoms with E-state index >= 15 is 0 Å². The first-order chi connectivity index (χ1) is 10.4. The Morgan fingerprint density at radius 3 is 2.64 bits per heavy atom. The Bertz CT molecular complexity index is 624. The molecule has 1 aromatic heterocycles. The lowest BCUT2D eigenvalue weighted by molar-refractivity contribution is -0.151. The summed E-state index contributed by atoms with van der Waals surface area (Å²) >= 11 is 0. The molecule has 0 spiro atoms. The number of carbonyl (C=O) groups is 2. The molecule has 0 saturated carbocycles. The fraction of sp³-hybridized carbons (Fsp3) is 0.688. The minimum atomic E-state index is -0.758. The second-order valence-electron chi connectivity index (χ2n) is 6.65. The van der Waals surface area contributed by atoms with Crippen LogP contribution in [0.3, 0.4) is 0 Å². The van der Waals surface area contributed by atoms with Crippen molar-refractivity contribution >= 4 is 11.9 Å². The van der Waals surface area contributed by atoms with Gasteiger partial charge in [0.2, 0.25) is 5.91 Å². The number of amides is 1. The normalized spacial score (nSPS) is 30.0. The SMILES string of the molecule is CC[C@@]1(C(=O)O)C[C@@H]2CC[C@H]1N2C(=O)Cn1nc(C)cc1C. The summed E-state index contributed by atoms with van der Waals surface area (Å²) in [5.41, 5.74) is 1.09. The molecule has 2 aliphatic rings. The summed E-state index contributed by atoms with van der Waals surface area (Å²) in [6.07, 6.45) is 2.88. The largest absolute Gasteiger partial charge is 0.481 e. The highest BCUT2D eigenvalue weighted by Gasteiger charge is 2.60. The highest BCUT2D eigenvalue weighted by Crippen LogP contribution is 2.51. The van der Waals surface area contributed by atoms with E-state index in [0.29, 0.717) is 12.8 Å². The number of carboxylic acid groups (broad SMARTS) is 1.